The molecule has 0 aromatic heterocycles. The van der Waals surface area contributed by atoms with Crippen molar-refractivity contribution in [3.8, 4) is 0 Å². The number of carbonyl (C=O) groups excluding carboxylic acids is 2. The van der Waals surface area contributed by atoms with E-state index in [4.69, 9.17) is 11.6 Å². The molecule has 1 aliphatic rings. The fraction of sp³-hybridized carbons (Fsp3) is 0.333. The molecule has 1 saturated heterocycles. The normalized spacial score (nSPS) is 18.0. The van der Waals surface area contributed by atoms with Crippen molar-refractivity contribution >= 4 is 23.4 Å². The van der Waals surface area contributed by atoms with Gasteiger partial charge in [0.15, 0.2) is 0 Å². The number of nitrogens with one attached hydrogen (secondary N) is 1. The SMILES string of the molecule is CC(NC(=O)C1CC(=O)N(CCc2ccccc2)C1)c1cccc(Cl)c1. The number of benzene rings is 2. The highest BCUT2D eigenvalue weighted by molar-refractivity contribution is 6.30. The molecule has 136 valence electrons. The molecule has 1 N–H and O–H groups in total. The van der Waals surface area contributed by atoms with Crippen LogP contribution in [0.4, 0.5) is 0 Å². The van der Waals surface area contributed by atoms with E-state index in [0.29, 0.717) is 18.1 Å². The first-order valence-corrected chi connectivity index (χ1v) is 9.28. The molecule has 5 heteroatoms. The topological polar surface area (TPSA) is 49.4 Å². The van der Waals surface area contributed by atoms with E-state index in [-0.39, 0.29) is 30.2 Å². The van der Waals surface area contributed by atoms with E-state index in [0.717, 1.165) is 12.0 Å². The lowest BCUT2D eigenvalue weighted by atomic mass is 10.1. The summed E-state index contributed by atoms with van der Waals surface area (Å²) in [6.45, 7) is 3.06. The molecule has 1 heterocycles. The van der Waals surface area contributed by atoms with Crippen LogP contribution in [0.2, 0.25) is 5.02 Å². The van der Waals surface area contributed by atoms with E-state index in [1.54, 1.807) is 11.0 Å². The number of halogens is 1. The third kappa shape index (κ3) is 4.64. The monoisotopic (exact) mass is 370 g/mol. The smallest absolute Gasteiger partial charge is 0.225 e. The van der Waals surface area contributed by atoms with E-state index < -0.39 is 0 Å². The highest BCUT2D eigenvalue weighted by Gasteiger charge is 2.34. The molecule has 4 nitrogen and oxygen atoms in total. The van der Waals surface area contributed by atoms with Crippen LogP contribution < -0.4 is 5.32 Å². The zero-order valence-corrected chi connectivity index (χ0v) is 15.6. The second-order valence-corrected chi connectivity index (χ2v) is 7.20. The quantitative estimate of drug-likeness (QED) is 0.844. The predicted molar refractivity (Wildman–Crippen MR) is 103 cm³/mol. The molecule has 2 amide bonds. The summed E-state index contributed by atoms with van der Waals surface area (Å²) in [5.41, 5.74) is 2.15. The number of rotatable bonds is 6. The van der Waals surface area contributed by atoms with Crippen LogP contribution in [0.3, 0.4) is 0 Å². The standard InChI is InChI=1S/C21H23ClN2O2/c1-15(17-8-5-9-19(22)12-17)23-21(26)18-13-20(25)24(14-18)11-10-16-6-3-2-4-7-16/h2-9,12,15,18H,10-11,13-14H2,1H3,(H,23,26). The Kier molecular flexibility index (Phi) is 5.94. The minimum absolute atomic E-state index is 0.0523. The summed E-state index contributed by atoms with van der Waals surface area (Å²) < 4.78 is 0. The van der Waals surface area contributed by atoms with E-state index in [9.17, 15) is 9.59 Å². The average molecular weight is 371 g/mol. The highest BCUT2D eigenvalue weighted by atomic mass is 35.5. The summed E-state index contributed by atoms with van der Waals surface area (Å²) in [5, 5.41) is 3.65. The van der Waals surface area contributed by atoms with Gasteiger partial charge in [0, 0.05) is 24.5 Å². The van der Waals surface area contributed by atoms with Crippen molar-refractivity contribution in [2.75, 3.05) is 13.1 Å². The number of amides is 2. The van der Waals surface area contributed by atoms with Crippen molar-refractivity contribution in [3.05, 3.63) is 70.7 Å². The Labute approximate surface area is 159 Å². The van der Waals surface area contributed by atoms with Gasteiger partial charge in [0.2, 0.25) is 11.8 Å². The zero-order chi connectivity index (χ0) is 18.5. The first kappa shape index (κ1) is 18.5. The van der Waals surface area contributed by atoms with Crippen molar-refractivity contribution in [2.45, 2.75) is 25.8 Å². The van der Waals surface area contributed by atoms with E-state index in [2.05, 4.69) is 17.4 Å². The van der Waals surface area contributed by atoms with E-state index in [1.807, 2.05) is 43.3 Å². The molecule has 1 aliphatic heterocycles. The van der Waals surface area contributed by atoms with Gasteiger partial charge in [0.05, 0.1) is 12.0 Å². The van der Waals surface area contributed by atoms with Crippen LogP contribution in [-0.2, 0) is 16.0 Å². The van der Waals surface area contributed by atoms with Crippen LogP contribution in [0.5, 0.6) is 0 Å². The summed E-state index contributed by atoms with van der Waals surface area (Å²) in [6.07, 6.45) is 1.09. The third-order valence-electron chi connectivity index (χ3n) is 4.81. The lowest BCUT2D eigenvalue weighted by molar-refractivity contribution is -0.129. The van der Waals surface area contributed by atoms with Crippen LogP contribution in [0.15, 0.2) is 54.6 Å². The first-order chi connectivity index (χ1) is 12.5. The Morgan fingerprint density at radius 2 is 2.00 bits per heavy atom. The maximum atomic E-state index is 12.6. The van der Waals surface area contributed by atoms with Gasteiger partial charge in [-0.25, -0.2) is 0 Å². The first-order valence-electron chi connectivity index (χ1n) is 8.90. The summed E-state index contributed by atoms with van der Waals surface area (Å²) in [7, 11) is 0. The van der Waals surface area contributed by atoms with Crippen LogP contribution in [0, 0.1) is 5.92 Å². The summed E-state index contributed by atoms with van der Waals surface area (Å²) in [6, 6.07) is 17.4. The molecule has 2 aromatic carbocycles. The van der Waals surface area contributed by atoms with Crippen LogP contribution in [0.1, 0.15) is 30.5 Å². The van der Waals surface area contributed by atoms with Crippen LogP contribution in [-0.4, -0.2) is 29.8 Å². The van der Waals surface area contributed by atoms with Gasteiger partial charge in [0.25, 0.3) is 0 Å². The Morgan fingerprint density at radius 1 is 1.23 bits per heavy atom. The Hall–Kier alpha value is -2.33. The molecule has 0 spiro atoms. The fourth-order valence-electron chi connectivity index (χ4n) is 3.26. The molecule has 0 bridgehead atoms. The molecule has 3 rings (SSSR count). The van der Waals surface area contributed by atoms with Crippen molar-refractivity contribution in [1.82, 2.24) is 10.2 Å². The molecule has 1 fully saturated rings. The second kappa shape index (κ2) is 8.37. The Morgan fingerprint density at radius 3 is 2.73 bits per heavy atom. The molecular formula is C21H23ClN2O2. The minimum atomic E-state index is -0.292. The highest BCUT2D eigenvalue weighted by Crippen LogP contribution is 2.21. The predicted octanol–water partition coefficient (Wildman–Crippen LogP) is 3.61. The fourth-order valence-corrected chi connectivity index (χ4v) is 3.46. The molecule has 2 aromatic rings. The summed E-state index contributed by atoms with van der Waals surface area (Å²) in [4.78, 5) is 26.6. The van der Waals surface area contributed by atoms with Crippen molar-refractivity contribution in [2.24, 2.45) is 5.92 Å². The third-order valence-corrected chi connectivity index (χ3v) is 5.04. The number of likely N-dealkylation sites (tertiary alicyclic amines) is 1. The molecule has 26 heavy (non-hydrogen) atoms. The van der Waals surface area contributed by atoms with Gasteiger partial charge >= 0.3 is 0 Å². The van der Waals surface area contributed by atoms with Gasteiger partial charge in [0.1, 0.15) is 0 Å². The number of hydrogen-bond donors (Lipinski definition) is 1. The molecule has 0 aliphatic carbocycles. The molecule has 2 unspecified atom stereocenters. The largest absolute Gasteiger partial charge is 0.349 e. The van der Waals surface area contributed by atoms with Gasteiger partial charge < -0.3 is 10.2 Å². The average Bonchev–Trinajstić information content (AvgIpc) is 3.02. The van der Waals surface area contributed by atoms with Crippen molar-refractivity contribution in [3.63, 3.8) is 0 Å². The molecule has 0 radical (unpaired) electrons. The van der Waals surface area contributed by atoms with Gasteiger partial charge in [-0.15, -0.1) is 0 Å². The lowest BCUT2D eigenvalue weighted by Crippen LogP contribution is -2.35. The van der Waals surface area contributed by atoms with Crippen LogP contribution >= 0.6 is 11.6 Å². The maximum Gasteiger partial charge on any atom is 0.225 e. The zero-order valence-electron chi connectivity index (χ0n) is 14.8. The Balaban J connectivity index is 1.53. The maximum absolute atomic E-state index is 12.6. The summed E-state index contributed by atoms with van der Waals surface area (Å²) in [5.74, 6) is -0.315. The lowest BCUT2D eigenvalue weighted by Gasteiger charge is -2.19. The summed E-state index contributed by atoms with van der Waals surface area (Å²) >= 11 is 6.01. The number of hydrogen-bond acceptors (Lipinski definition) is 2. The minimum Gasteiger partial charge on any atom is -0.349 e. The van der Waals surface area contributed by atoms with Gasteiger partial charge in [-0.1, -0.05) is 54.1 Å². The van der Waals surface area contributed by atoms with Crippen LogP contribution in [0.25, 0.3) is 0 Å². The van der Waals surface area contributed by atoms with Gasteiger partial charge in [-0.2, -0.15) is 0 Å². The molecule has 0 saturated carbocycles. The van der Waals surface area contributed by atoms with Gasteiger partial charge in [-0.05, 0) is 36.6 Å². The van der Waals surface area contributed by atoms with Crippen molar-refractivity contribution in [1.29, 1.82) is 0 Å². The van der Waals surface area contributed by atoms with Gasteiger partial charge in [-0.3, -0.25) is 9.59 Å². The molecular weight excluding hydrogens is 348 g/mol. The number of carbonyl (C=O) groups is 2. The Bertz CT molecular complexity index is 779. The van der Waals surface area contributed by atoms with Crippen molar-refractivity contribution < 1.29 is 9.59 Å². The van der Waals surface area contributed by atoms with E-state index in [1.165, 1.54) is 5.56 Å². The van der Waals surface area contributed by atoms with E-state index >= 15 is 0 Å². The second-order valence-electron chi connectivity index (χ2n) is 6.76. The molecule has 2 atom stereocenters. The number of nitrogens with zero attached hydrogens (tertiary/aromatic N) is 1.